The lowest BCUT2D eigenvalue weighted by Gasteiger charge is -2.19. The summed E-state index contributed by atoms with van der Waals surface area (Å²) in [7, 11) is 3.39. The fraction of sp³-hybridized carbons (Fsp3) is 0.143. The Hall–Kier alpha value is -1.26. The minimum Gasteiger partial charge on any atom is -0.497 e. The van der Waals surface area contributed by atoms with Crippen molar-refractivity contribution in [1.82, 2.24) is 0 Å². The van der Waals surface area contributed by atoms with Crippen LogP contribution >= 0.6 is 23.5 Å². The van der Waals surface area contributed by atoms with E-state index < -0.39 is 0 Å². The maximum atomic E-state index is 5.26. The lowest BCUT2D eigenvalue weighted by atomic mass is 10.3. The summed E-state index contributed by atoms with van der Waals surface area (Å²) < 4.78 is 10.5. The van der Waals surface area contributed by atoms with E-state index in [0.717, 1.165) is 11.5 Å². The van der Waals surface area contributed by atoms with Crippen LogP contribution < -0.4 is 9.47 Å². The summed E-state index contributed by atoms with van der Waals surface area (Å²) in [5, 5.41) is 0. The van der Waals surface area contributed by atoms with Gasteiger partial charge in [-0.2, -0.15) is 0 Å². The third-order valence-electron chi connectivity index (χ3n) is 2.74. The highest BCUT2D eigenvalue weighted by atomic mass is 32.2. The normalized spacial score (nSPS) is 12.6. The molecule has 0 saturated carbocycles. The minimum absolute atomic E-state index is 0.902. The van der Waals surface area contributed by atoms with Gasteiger partial charge in [0.2, 0.25) is 0 Å². The summed E-state index contributed by atoms with van der Waals surface area (Å²) in [6.45, 7) is 0. The van der Waals surface area contributed by atoms with Gasteiger partial charge in [0.15, 0.2) is 0 Å². The summed E-state index contributed by atoms with van der Waals surface area (Å²) in [5.74, 6) is 1.80. The lowest BCUT2D eigenvalue weighted by molar-refractivity contribution is 0.412. The third kappa shape index (κ3) is 2.06. The van der Waals surface area contributed by atoms with Gasteiger partial charge >= 0.3 is 0 Å². The van der Waals surface area contributed by atoms with Crippen molar-refractivity contribution in [2.24, 2.45) is 0 Å². The lowest BCUT2D eigenvalue weighted by Crippen LogP contribution is -1.92. The van der Waals surface area contributed by atoms with Gasteiger partial charge in [-0.15, -0.1) is 0 Å². The molecule has 2 nitrogen and oxygen atoms in total. The van der Waals surface area contributed by atoms with Gasteiger partial charge in [0, 0.05) is 19.6 Å². The first kappa shape index (κ1) is 11.8. The van der Waals surface area contributed by atoms with Crippen molar-refractivity contribution in [2.75, 3.05) is 14.2 Å². The van der Waals surface area contributed by atoms with E-state index in [4.69, 9.17) is 9.47 Å². The molecule has 2 aromatic rings. The van der Waals surface area contributed by atoms with Crippen molar-refractivity contribution in [3.63, 3.8) is 0 Å². The Morgan fingerprint density at radius 2 is 1.11 bits per heavy atom. The van der Waals surface area contributed by atoms with Gasteiger partial charge in [-0.25, -0.2) is 0 Å². The van der Waals surface area contributed by atoms with Crippen molar-refractivity contribution >= 4 is 23.5 Å². The van der Waals surface area contributed by atoms with Gasteiger partial charge in [0.05, 0.1) is 14.2 Å². The van der Waals surface area contributed by atoms with Crippen LogP contribution in [0.2, 0.25) is 0 Å². The molecule has 3 rings (SSSR count). The van der Waals surface area contributed by atoms with Crippen LogP contribution in [-0.2, 0) is 0 Å². The molecule has 0 unspecified atom stereocenters. The number of ether oxygens (including phenoxy) is 2. The standard InChI is InChI=1S/C14H12O2S2/c1-15-9-3-5-11-13(7-9)17-12-6-4-10(16-2)8-14(12)18-11/h3-8H,1-2H3. The zero-order valence-corrected chi connectivity index (χ0v) is 11.7. The predicted molar refractivity (Wildman–Crippen MR) is 74.2 cm³/mol. The van der Waals surface area contributed by atoms with E-state index >= 15 is 0 Å². The number of hydrogen-bond donors (Lipinski definition) is 0. The Labute approximate surface area is 115 Å². The average molecular weight is 276 g/mol. The monoisotopic (exact) mass is 276 g/mol. The van der Waals surface area contributed by atoms with Crippen LogP contribution in [0.4, 0.5) is 0 Å². The Bertz CT molecular complexity index is 543. The highest BCUT2D eigenvalue weighted by molar-refractivity contribution is 8.05. The molecule has 0 N–H and O–H groups in total. The van der Waals surface area contributed by atoms with Crippen LogP contribution in [0.15, 0.2) is 56.0 Å². The molecule has 0 atom stereocenters. The molecule has 2 aromatic carbocycles. The van der Waals surface area contributed by atoms with Crippen LogP contribution in [0.5, 0.6) is 11.5 Å². The average Bonchev–Trinajstić information content (AvgIpc) is 2.43. The van der Waals surface area contributed by atoms with Crippen molar-refractivity contribution < 1.29 is 9.47 Å². The van der Waals surface area contributed by atoms with Crippen molar-refractivity contribution in [3.8, 4) is 11.5 Å². The highest BCUT2D eigenvalue weighted by Crippen LogP contribution is 2.50. The molecule has 1 aliphatic rings. The van der Waals surface area contributed by atoms with Crippen LogP contribution in [0.25, 0.3) is 0 Å². The zero-order valence-electron chi connectivity index (χ0n) is 10.1. The Kier molecular flexibility index (Phi) is 3.14. The number of fused-ring (bicyclic) bond motifs is 2. The Morgan fingerprint density at radius 1 is 0.667 bits per heavy atom. The molecule has 0 bridgehead atoms. The first-order valence-electron chi connectivity index (χ1n) is 5.52. The van der Waals surface area contributed by atoms with E-state index in [1.807, 2.05) is 12.1 Å². The van der Waals surface area contributed by atoms with Gasteiger partial charge < -0.3 is 9.47 Å². The Morgan fingerprint density at radius 3 is 1.50 bits per heavy atom. The summed E-state index contributed by atoms with van der Waals surface area (Å²) in [4.78, 5) is 5.03. The maximum Gasteiger partial charge on any atom is 0.120 e. The van der Waals surface area contributed by atoms with Crippen LogP contribution in [-0.4, -0.2) is 14.2 Å². The minimum atomic E-state index is 0.902. The molecule has 18 heavy (non-hydrogen) atoms. The number of benzene rings is 2. The molecule has 0 aliphatic carbocycles. The van der Waals surface area contributed by atoms with Gasteiger partial charge in [-0.05, 0) is 36.4 Å². The molecule has 1 heterocycles. The number of rotatable bonds is 2. The first-order chi connectivity index (χ1) is 8.80. The van der Waals surface area contributed by atoms with Crippen molar-refractivity contribution in [1.29, 1.82) is 0 Å². The van der Waals surface area contributed by atoms with E-state index in [9.17, 15) is 0 Å². The summed E-state index contributed by atoms with van der Waals surface area (Å²) in [5.41, 5.74) is 0. The molecule has 0 saturated heterocycles. The molecule has 92 valence electrons. The van der Waals surface area contributed by atoms with E-state index in [0.29, 0.717) is 0 Å². The summed E-state index contributed by atoms with van der Waals surface area (Å²) >= 11 is 3.55. The smallest absolute Gasteiger partial charge is 0.120 e. The Balaban J connectivity index is 2.00. The van der Waals surface area contributed by atoms with E-state index in [-0.39, 0.29) is 0 Å². The van der Waals surface area contributed by atoms with Crippen molar-refractivity contribution in [3.05, 3.63) is 36.4 Å². The van der Waals surface area contributed by atoms with Gasteiger partial charge in [0.1, 0.15) is 11.5 Å². The molecule has 0 spiro atoms. The molecule has 0 fully saturated rings. The molecule has 1 aliphatic heterocycles. The number of hydrogen-bond acceptors (Lipinski definition) is 4. The van der Waals surface area contributed by atoms with Gasteiger partial charge in [-0.3, -0.25) is 0 Å². The number of methoxy groups -OCH3 is 2. The van der Waals surface area contributed by atoms with E-state index in [1.54, 1.807) is 37.7 Å². The van der Waals surface area contributed by atoms with Crippen LogP contribution in [0.1, 0.15) is 0 Å². The van der Waals surface area contributed by atoms with Crippen LogP contribution in [0.3, 0.4) is 0 Å². The predicted octanol–water partition coefficient (Wildman–Crippen LogP) is 4.32. The second kappa shape index (κ2) is 4.78. The molecule has 0 aromatic heterocycles. The zero-order chi connectivity index (χ0) is 12.5. The molecule has 0 amide bonds. The third-order valence-corrected chi connectivity index (χ3v) is 5.27. The molecular weight excluding hydrogens is 264 g/mol. The molecule has 0 radical (unpaired) electrons. The largest absolute Gasteiger partial charge is 0.497 e. The van der Waals surface area contributed by atoms with E-state index in [2.05, 4.69) is 24.3 Å². The second-order valence-electron chi connectivity index (χ2n) is 3.83. The first-order valence-corrected chi connectivity index (χ1v) is 7.15. The summed E-state index contributed by atoms with van der Waals surface area (Å²) in [6, 6.07) is 12.4. The molecule has 4 heteroatoms. The van der Waals surface area contributed by atoms with Crippen molar-refractivity contribution in [2.45, 2.75) is 19.6 Å². The fourth-order valence-corrected chi connectivity index (χ4v) is 4.05. The topological polar surface area (TPSA) is 18.5 Å². The van der Waals surface area contributed by atoms with E-state index in [1.165, 1.54) is 19.6 Å². The quantitative estimate of drug-likeness (QED) is 0.693. The van der Waals surface area contributed by atoms with Gasteiger partial charge in [0.25, 0.3) is 0 Å². The maximum absolute atomic E-state index is 5.26. The summed E-state index contributed by atoms with van der Waals surface area (Å²) in [6.07, 6.45) is 0. The van der Waals surface area contributed by atoms with Gasteiger partial charge in [-0.1, -0.05) is 23.5 Å². The van der Waals surface area contributed by atoms with Crippen LogP contribution in [0, 0.1) is 0 Å². The molecular formula is C14H12O2S2. The SMILES string of the molecule is COc1ccc2c(c1)Sc1ccc(OC)cc1S2. The second-order valence-corrected chi connectivity index (χ2v) is 6.00. The fourth-order valence-electron chi connectivity index (χ4n) is 1.80. The highest BCUT2D eigenvalue weighted by Gasteiger charge is 2.18.